The summed E-state index contributed by atoms with van der Waals surface area (Å²) in [4.78, 5) is 0. The molecule has 0 amide bonds. The van der Waals surface area contributed by atoms with Gasteiger partial charge in [0.25, 0.3) is 0 Å². The largest absolute Gasteiger partial charge is 0.0939 e. The number of hydrogen-bond acceptors (Lipinski definition) is 2. The molecule has 1 rings (SSSR count). The van der Waals surface area contributed by atoms with Crippen LogP contribution < -0.4 is 0 Å². The van der Waals surface area contributed by atoms with Crippen molar-refractivity contribution in [3.63, 3.8) is 0 Å². The minimum Gasteiger partial charge on any atom is -0.0939 e. The van der Waals surface area contributed by atoms with Crippen molar-refractivity contribution in [2.45, 2.75) is 57.6 Å². The van der Waals surface area contributed by atoms with Crippen molar-refractivity contribution in [2.75, 3.05) is 5.75 Å². The van der Waals surface area contributed by atoms with Crippen molar-refractivity contribution >= 4 is 21.6 Å². The van der Waals surface area contributed by atoms with Crippen LogP contribution in [0.5, 0.6) is 0 Å². The molecular weight excluding hydrogens is 220 g/mol. The van der Waals surface area contributed by atoms with E-state index in [-0.39, 0.29) is 0 Å². The fraction of sp³-hybridized carbons (Fsp3) is 0.846. The first kappa shape index (κ1) is 13.5. The molecule has 0 bridgehead atoms. The quantitative estimate of drug-likeness (QED) is 0.338. The van der Waals surface area contributed by atoms with Crippen molar-refractivity contribution in [3.05, 3.63) is 12.2 Å². The Morgan fingerprint density at radius 3 is 2.93 bits per heavy atom. The molecule has 0 fully saturated rings. The zero-order valence-corrected chi connectivity index (χ0v) is 11.7. The maximum Gasteiger partial charge on any atom is 0.0185 e. The van der Waals surface area contributed by atoms with Crippen LogP contribution in [-0.4, -0.2) is 11.0 Å². The second-order valence-corrected chi connectivity index (χ2v) is 7.22. The predicted molar refractivity (Wildman–Crippen MR) is 75.5 cm³/mol. The molecule has 0 saturated carbocycles. The van der Waals surface area contributed by atoms with Crippen molar-refractivity contribution in [3.8, 4) is 0 Å². The Morgan fingerprint density at radius 2 is 2.27 bits per heavy atom. The van der Waals surface area contributed by atoms with Gasteiger partial charge in [0.15, 0.2) is 0 Å². The van der Waals surface area contributed by atoms with Gasteiger partial charge in [0.05, 0.1) is 0 Å². The Hall–Kier alpha value is 0.440. The van der Waals surface area contributed by atoms with E-state index >= 15 is 0 Å². The molecule has 0 aromatic heterocycles. The molecule has 2 atom stereocenters. The van der Waals surface area contributed by atoms with E-state index in [9.17, 15) is 0 Å². The number of rotatable bonds is 7. The van der Waals surface area contributed by atoms with Gasteiger partial charge in [0.2, 0.25) is 0 Å². The summed E-state index contributed by atoms with van der Waals surface area (Å²) < 4.78 is 0. The van der Waals surface area contributed by atoms with E-state index in [1.807, 2.05) is 0 Å². The minimum atomic E-state index is 0.799. The van der Waals surface area contributed by atoms with E-state index in [1.165, 1.54) is 44.3 Å². The summed E-state index contributed by atoms with van der Waals surface area (Å²) in [6, 6.07) is 0. The van der Waals surface area contributed by atoms with Crippen molar-refractivity contribution in [2.24, 2.45) is 5.92 Å². The van der Waals surface area contributed by atoms with E-state index in [2.05, 4.69) is 47.6 Å². The van der Waals surface area contributed by atoms with Gasteiger partial charge in [-0.1, -0.05) is 60.4 Å². The normalized spacial score (nSPS) is 22.9. The summed E-state index contributed by atoms with van der Waals surface area (Å²) in [5, 5.41) is 0.799. The highest BCUT2D eigenvalue weighted by Gasteiger charge is 2.16. The summed E-state index contributed by atoms with van der Waals surface area (Å²) in [6.07, 6.45) is 13.0. The lowest BCUT2D eigenvalue weighted by Crippen LogP contribution is -2.12. The molecule has 0 saturated heterocycles. The molecule has 2 unspecified atom stereocenters. The summed E-state index contributed by atoms with van der Waals surface area (Å²) >= 11 is 0. The number of unbranched alkanes of at least 4 members (excludes halogenated alkanes) is 2. The van der Waals surface area contributed by atoms with Gasteiger partial charge in [-0.2, -0.15) is 0 Å². The monoisotopic (exact) mass is 244 g/mol. The van der Waals surface area contributed by atoms with E-state index in [0.29, 0.717) is 0 Å². The molecule has 1 aliphatic rings. The highest BCUT2D eigenvalue weighted by atomic mass is 33.1. The lowest BCUT2D eigenvalue weighted by Gasteiger charge is -2.22. The van der Waals surface area contributed by atoms with Crippen LogP contribution in [0.4, 0.5) is 0 Å². The molecule has 15 heavy (non-hydrogen) atoms. The molecule has 0 N–H and O–H groups in total. The fourth-order valence-electron chi connectivity index (χ4n) is 1.87. The smallest absolute Gasteiger partial charge is 0.0185 e. The minimum absolute atomic E-state index is 0.799. The molecule has 0 nitrogen and oxygen atoms in total. The Kier molecular flexibility index (Phi) is 7.72. The Bertz CT molecular complexity index is 177. The average Bonchev–Trinajstić information content (AvgIpc) is 2.30. The second kappa shape index (κ2) is 8.58. The Labute approximate surface area is 103 Å². The molecule has 0 aromatic rings. The number of allylic oxidation sites excluding steroid dienone is 2. The molecule has 0 radical (unpaired) electrons. The fourth-order valence-corrected chi connectivity index (χ4v) is 4.58. The van der Waals surface area contributed by atoms with Gasteiger partial charge >= 0.3 is 0 Å². The summed E-state index contributed by atoms with van der Waals surface area (Å²) in [5.41, 5.74) is 0. The van der Waals surface area contributed by atoms with Crippen LogP contribution in [0.1, 0.15) is 52.4 Å². The second-order valence-electron chi connectivity index (χ2n) is 4.35. The third kappa shape index (κ3) is 5.91. The van der Waals surface area contributed by atoms with Gasteiger partial charge in [0, 0.05) is 11.0 Å². The van der Waals surface area contributed by atoms with Crippen LogP contribution in [-0.2, 0) is 0 Å². The van der Waals surface area contributed by atoms with Crippen LogP contribution in [0.15, 0.2) is 12.2 Å². The topological polar surface area (TPSA) is 0 Å². The number of hydrogen-bond donors (Lipinski definition) is 0. The van der Waals surface area contributed by atoms with E-state index in [0.717, 1.165) is 11.2 Å². The van der Waals surface area contributed by atoms with Gasteiger partial charge in [-0.25, -0.2) is 0 Å². The van der Waals surface area contributed by atoms with Crippen molar-refractivity contribution < 1.29 is 0 Å². The third-order valence-electron chi connectivity index (χ3n) is 2.95. The molecule has 1 aliphatic carbocycles. The molecule has 88 valence electrons. The molecule has 0 aliphatic heterocycles. The lowest BCUT2D eigenvalue weighted by molar-refractivity contribution is 0.538. The van der Waals surface area contributed by atoms with Crippen molar-refractivity contribution in [1.29, 1.82) is 0 Å². The van der Waals surface area contributed by atoms with Crippen LogP contribution in [0.2, 0.25) is 0 Å². The molecule has 0 aromatic carbocycles. The van der Waals surface area contributed by atoms with E-state index < -0.39 is 0 Å². The molecule has 0 spiro atoms. The average molecular weight is 244 g/mol. The molecular formula is C13H24S2. The molecule has 2 heteroatoms. The first-order chi connectivity index (χ1) is 7.34. The Morgan fingerprint density at radius 1 is 1.40 bits per heavy atom. The Balaban J connectivity index is 2.04. The lowest BCUT2D eigenvalue weighted by atomic mass is 9.93. The van der Waals surface area contributed by atoms with Gasteiger partial charge in [0.1, 0.15) is 0 Å². The van der Waals surface area contributed by atoms with Crippen LogP contribution in [0.3, 0.4) is 0 Å². The summed E-state index contributed by atoms with van der Waals surface area (Å²) in [7, 11) is 4.18. The highest BCUT2D eigenvalue weighted by molar-refractivity contribution is 8.76. The first-order valence-electron chi connectivity index (χ1n) is 6.29. The van der Waals surface area contributed by atoms with Crippen molar-refractivity contribution in [1.82, 2.24) is 0 Å². The van der Waals surface area contributed by atoms with Gasteiger partial charge in [-0.15, -0.1) is 0 Å². The zero-order valence-electron chi connectivity index (χ0n) is 10.1. The van der Waals surface area contributed by atoms with Crippen LogP contribution >= 0.6 is 21.6 Å². The highest BCUT2D eigenvalue weighted by Crippen LogP contribution is 2.35. The SMILES string of the molecule is CCCCCSSC(C)C1C=CCCC1. The van der Waals surface area contributed by atoms with Crippen LogP contribution in [0.25, 0.3) is 0 Å². The first-order valence-corrected chi connectivity index (χ1v) is 8.67. The standard InChI is InChI=1S/C13H24S2/c1-3-4-8-11-14-15-12(2)13-9-6-5-7-10-13/h6,9,12-13H,3-5,7-8,10-11H2,1-2H3. The van der Waals surface area contributed by atoms with Gasteiger partial charge < -0.3 is 0 Å². The zero-order chi connectivity index (χ0) is 10.9. The van der Waals surface area contributed by atoms with Crippen LogP contribution in [0, 0.1) is 5.92 Å². The van der Waals surface area contributed by atoms with E-state index in [1.54, 1.807) is 0 Å². The van der Waals surface area contributed by atoms with Gasteiger partial charge in [-0.05, 0) is 31.6 Å². The third-order valence-corrected chi connectivity index (χ3v) is 6.01. The van der Waals surface area contributed by atoms with Gasteiger partial charge in [-0.3, -0.25) is 0 Å². The van der Waals surface area contributed by atoms with E-state index in [4.69, 9.17) is 0 Å². The predicted octanol–water partition coefficient (Wildman–Crippen LogP) is 5.30. The summed E-state index contributed by atoms with van der Waals surface area (Å²) in [6.45, 7) is 4.66. The summed E-state index contributed by atoms with van der Waals surface area (Å²) in [5.74, 6) is 2.17. The maximum absolute atomic E-state index is 2.44. The maximum atomic E-state index is 2.44. The molecule has 0 heterocycles.